The topological polar surface area (TPSA) is 38.3 Å². The van der Waals surface area contributed by atoms with E-state index in [2.05, 4.69) is 5.32 Å². The number of hydrogen-bond acceptors (Lipinski definition) is 2. The molecular formula is C9H17NO2. The van der Waals surface area contributed by atoms with Gasteiger partial charge in [0, 0.05) is 7.05 Å². The van der Waals surface area contributed by atoms with Crippen LogP contribution < -0.4 is 5.32 Å². The number of carbonyl (C=O) groups is 1. The number of nitrogens with one attached hydrogen (secondary N) is 1. The molecule has 0 bridgehead atoms. The van der Waals surface area contributed by atoms with Gasteiger partial charge in [0.15, 0.2) is 0 Å². The van der Waals surface area contributed by atoms with Gasteiger partial charge in [-0.15, -0.1) is 0 Å². The van der Waals surface area contributed by atoms with E-state index in [1.807, 2.05) is 20.8 Å². The molecule has 3 heteroatoms. The molecule has 0 aliphatic carbocycles. The van der Waals surface area contributed by atoms with Crippen LogP contribution in [0.3, 0.4) is 0 Å². The van der Waals surface area contributed by atoms with Crippen LogP contribution in [0.2, 0.25) is 0 Å². The SMILES string of the molecule is CNC(=O)C1(C)CCC(C)(C)O1. The summed E-state index contributed by atoms with van der Waals surface area (Å²) >= 11 is 0. The molecule has 1 fully saturated rings. The molecule has 0 saturated carbocycles. The summed E-state index contributed by atoms with van der Waals surface area (Å²) in [6.07, 6.45) is 1.75. The zero-order valence-electron chi connectivity index (χ0n) is 8.23. The van der Waals surface area contributed by atoms with Crippen molar-refractivity contribution in [1.29, 1.82) is 0 Å². The number of amides is 1. The second kappa shape index (κ2) is 2.73. The summed E-state index contributed by atoms with van der Waals surface area (Å²) < 4.78 is 5.68. The lowest BCUT2D eigenvalue weighted by Crippen LogP contribution is -2.44. The van der Waals surface area contributed by atoms with Crippen molar-refractivity contribution in [3.05, 3.63) is 0 Å². The average molecular weight is 171 g/mol. The molecule has 1 rings (SSSR count). The highest BCUT2D eigenvalue weighted by Gasteiger charge is 2.45. The third kappa shape index (κ3) is 1.61. The van der Waals surface area contributed by atoms with Crippen LogP contribution in [0.1, 0.15) is 33.6 Å². The lowest BCUT2D eigenvalue weighted by atomic mass is 9.99. The Morgan fingerprint density at radius 1 is 1.33 bits per heavy atom. The average Bonchev–Trinajstić information content (AvgIpc) is 2.25. The smallest absolute Gasteiger partial charge is 0.251 e. The predicted molar refractivity (Wildman–Crippen MR) is 46.9 cm³/mol. The van der Waals surface area contributed by atoms with Crippen molar-refractivity contribution in [3.63, 3.8) is 0 Å². The summed E-state index contributed by atoms with van der Waals surface area (Å²) in [5, 5.41) is 2.62. The Kier molecular flexibility index (Phi) is 2.17. The van der Waals surface area contributed by atoms with Gasteiger partial charge in [-0.25, -0.2) is 0 Å². The molecule has 0 aromatic carbocycles. The molecule has 1 N–H and O–H groups in total. The van der Waals surface area contributed by atoms with Crippen molar-refractivity contribution in [1.82, 2.24) is 5.32 Å². The van der Waals surface area contributed by atoms with Gasteiger partial charge in [-0.2, -0.15) is 0 Å². The highest BCUT2D eigenvalue weighted by atomic mass is 16.5. The predicted octanol–water partition coefficient (Wildman–Crippen LogP) is 1.08. The summed E-state index contributed by atoms with van der Waals surface area (Å²) in [5.74, 6) is -0.0203. The second-order valence-corrected chi connectivity index (χ2v) is 4.17. The van der Waals surface area contributed by atoms with Crippen molar-refractivity contribution in [3.8, 4) is 0 Å². The van der Waals surface area contributed by atoms with E-state index >= 15 is 0 Å². The maximum Gasteiger partial charge on any atom is 0.251 e. The Morgan fingerprint density at radius 3 is 2.25 bits per heavy atom. The normalized spacial score (nSPS) is 33.3. The Labute approximate surface area is 73.5 Å². The van der Waals surface area contributed by atoms with Crippen LogP contribution in [0, 0.1) is 0 Å². The Morgan fingerprint density at radius 2 is 1.92 bits per heavy atom. The van der Waals surface area contributed by atoms with E-state index in [0.29, 0.717) is 0 Å². The molecule has 70 valence electrons. The monoisotopic (exact) mass is 171 g/mol. The van der Waals surface area contributed by atoms with Crippen molar-refractivity contribution in [2.75, 3.05) is 7.05 Å². The van der Waals surface area contributed by atoms with Gasteiger partial charge in [0.1, 0.15) is 5.60 Å². The van der Waals surface area contributed by atoms with Crippen LogP contribution >= 0.6 is 0 Å². The van der Waals surface area contributed by atoms with Crippen LogP contribution in [-0.4, -0.2) is 24.2 Å². The summed E-state index contributed by atoms with van der Waals surface area (Å²) in [4.78, 5) is 11.4. The molecule has 3 nitrogen and oxygen atoms in total. The van der Waals surface area contributed by atoms with Gasteiger partial charge < -0.3 is 10.1 Å². The number of hydrogen-bond donors (Lipinski definition) is 1. The molecule has 0 aromatic rings. The molecule has 1 unspecified atom stereocenters. The highest BCUT2D eigenvalue weighted by molar-refractivity contribution is 5.84. The molecule has 12 heavy (non-hydrogen) atoms. The molecular weight excluding hydrogens is 154 g/mol. The lowest BCUT2D eigenvalue weighted by Gasteiger charge is -2.26. The third-order valence-corrected chi connectivity index (χ3v) is 2.41. The van der Waals surface area contributed by atoms with E-state index in [9.17, 15) is 4.79 Å². The summed E-state index contributed by atoms with van der Waals surface area (Å²) in [5.41, 5.74) is -0.764. The zero-order chi connectivity index (χ0) is 9.41. The Balaban J connectivity index is 2.71. The van der Waals surface area contributed by atoms with Crippen LogP contribution in [0.15, 0.2) is 0 Å². The van der Waals surface area contributed by atoms with Crippen LogP contribution in [0.5, 0.6) is 0 Å². The number of likely N-dealkylation sites (N-methyl/N-ethyl adjacent to an activating group) is 1. The molecule has 1 amide bonds. The number of ether oxygens (including phenoxy) is 1. The quantitative estimate of drug-likeness (QED) is 0.641. The standard InChI is InChI=1S/C9H17NO2/c1-8(2)5-6-9(3,12-8)7(11)10-4/h5-6H2,1-4H3,(H,10,11). The first-order chi connectivity index (χ1) is 5.40. The van der Waals surface area contributed by atoms with E-state index in [-0.39, 0.29) is 11.5 Å². The first-order valence-corrected chi connectivity index (χ1v) is 4.32. The van der Waals surface area contributed by atoms with Crippen LogP contribution in [0.25, 0.3) is 0 Å². The van der Waals surface area contributed by atoms with E-state index in [4.69, 9.17) is 4.74 Å². The van der Waals surface area contributed by atoms with Crippen molar-refractivity contribution < 1.29 is 9.53 Å². The molecule has 1 aliphatic heterocycles. The van der Waals surface area contributed by atoms with Crippen molar-refractivity contribution in [2.45, 2.75) is 44.8 Å². The first-order valence-electron chi connectivity index (χ1n) is 4.32. The van der Waals surface area contributed by atoms with E-state index in [1.165, 1.54) is 0 Å². The minimum Gasteiger partial charge on any atom is -0.360 e. The Hall–Kier alpha value is -0.570. The van der Waals surface area contributed by atoms with E-state index in [0.717, 1.165) is 12.8 Å². The van der Waals surface area contributed by atoms with Crippen molar-refractivity contribution in [2.24, 2.45) is 0 Å². The number of carbonyl (C=O) groups excluding carboxylic acids is 1. The molecule has 1 aliphatic rings. The summed E-state index contributed by atoms with van der Waals surface area (Å²) in [6.45, 7) is 5.88. The van der Waals surface area contributed by atoms with Gasteiger partial charge in [-0.05, 0) is 33.6 Å². The maximum absolute atomic E-state index is 11.4. The molecule has 1 heterocycles. The Bertz CT molecular complexity index is 201. The van der Waals surface area contributed by atoms with E-state index < -0.39 is 5.60 Å². The van der Waals surface area contributed by atoms with E-state index in [1.54, 1.807) is 7.05 Å². The molecule has 0 spiro atoms. The second-order valence-electron chi connectivity index (χ2n) is 4.17. The van der Waals surface area contributed by atoms with Crippen molar-refractivity contribution >= 4 is 5.91 Å². The van der Waals surface area contributed by atoms with Crippen LogP contribution in [0.4, 0.5) is 0 Å². The van der Waals surface area contributed by atoms with Gasteiger partial charge >= 0.3 is 0 Å². The first kappa shape index (κ1) is 9.52. The van der Waals surface area contributed by atoms with Gasteiger partial charge in [0.05, 0.1) is 5.60 Å². The largest absolute Gasteiger partial charge is 0.360 e. The molecule has 0 aromatic heterocycles. The maximum atomic E-state index is 11.4. The third-order valence-electron chi connectivity index (χ3n) is 2.41. The lowest BCUT2D eigenvalue weighted by molar-refractivity contribution is -0.149. The zero-order valence-corrected chi connectivity index (χ0v) is 8.23. The van der Waals surface area contributed by atoms with Gasteiger partial charge in [-0.3, -0.25) is 4.79 Å². The molecule has 1 saturated heterocycles. The van der Waals surface area contributed by atoms with Gasteiger partial charge in [-0.1, -0.05) is 0 Å². The van der Waals surface area contributed by atoms with Gasteiger partial charge in [0.2, 0.25) is 0 Å². The van der Waals surface area contributed by atoms with Gasteiger partial charge in [0.25, 0.3) is 5.91 Å². The fraction of sp³-hybridized carbons (Fsp3) is 0.889. The number of rotatable bonds is 1. The fourth-order valence-electron chi connectivity index (χ4n) is 1.68. The minimum atomic E-state index is -0.613. The summed E-state index contributed by atoms with van der Waals surface area (Å²) in [6, 6.07) is 0. The fourth-order valence-corrected chi connectivity index (χ4v) is 1.68. The highest BCUT2D eigenvalue weighted by Crippen LogP contribution is 2.37. The summed E-state index contributed by atoms with van der Waals surface area (Å²) in [7, 11) is 1.64. The minimum absolute atomic E-state index is 0.0203. The molecule has 1 atom stereocenters. The molecule has 0 radical (unpaired) electrons. The van der Waals surface area contributed by atoms with Crippen LogP contribution in [-0.2, 0) is 9.53 Å².